The molecule has 2 fully saturated rings. The summed E-state index contributed by atoms with van der Waals surface area (Å²) in [7, 11) is 0. The zero-order valence-corrected chi connectivity index (χ0v) is 12.2. The third-order valence-corrected chi connectivity index (χ3v) is 4.76. The van der Waals surface area contributed by atoms with Gasteiger partial charge in [-0.3, -0.25) is 4.79 Å². The first-order valence-electron chi connectivity index (χ1n) is 7.83. The molecule has 1 aromatic heterocycles. The lowest BCUT2D eigenvalue weighted by Gasteiger charge is -2.31. The third-order valence-electron chi connectivity index (χ3n) is 4.76. The predicted octanol–water partition coefficient (Wildman–Crippen LogP) is 2.54. The van der Waals surface area contributed by atoms with Crippen LogP contribution in [0.4, 0.5) is 0 Å². The summed E-state index contributed by atoms with van der Waals surface area (Å²) in [6.45, 7) is 1.42. The van der Waals surface area contributed by atoms with Gasteiger partial charge in [0.1, 0.15) is 0 Å². The summed E-state index contributed by atoms with van der Waals surface area (Å²) >= 11 is 0. The van der Waals surface area contributed by atoms with E-state index in [1.807, 2.05) is 0 Å². The Bertz CT molecular complexity index is 488. The van der Waals surface area contributed by atoms with Crippen molar-refractivity contribution >= 4 is 5.97 Å². The number of hydrogen-bond acceptors (Lipinski definition) is 5. The van der Waals surface area contributed by atoms with Gasteiger partial charge in [-0.05, 0) is 25.7 Å². The SMILES string of the molecule is O=C(O)C1(Cc2nc(C3CCCOC3)no2)CCCCC1. The number of carboxylic acids is 1. The number of ether oxygens (including phenoxy) is 1. The number of aromatic nitrogens is 2. The Morgan fingerprint density at radius 1 is 1.29 bits per heavy atom. The van der Waals surface area contributed by atoms with Gasteiger partial charge in [0, 0.05) is 18.9 Å². The van der Waals surface area contributed by atoms with Gasteiger partial charge >= 0.3 is 5.97 Å². The van der Waals surface area contributed by atoms with E-state index in [9.17, 15) is 9.90 Å². The maximum absolute atomic E-state index is 11.7. The molecule has 0 bridgehead atoms. The highest BCUT2D eigenvalue weighted by Crippen LogP contribution is 2.39. The van der Waals surface area contributed by atoms with Gasteiger partial charge in [-0.25, -0.2) is 0 Å². The Hall–Kier alpha value is -1.43. The summed E-state index contributed by atoms with van der Waals surface area (Å²) in [6, 6.07) is 0. The van der Waals surface area contributed by atoms with E-state index in [1.54, 1.807) is 0 Å². The summed E-state index contributed by atoms with van der Waals surface area (Å²) in [4.78, 5) is 16.1. The summed E-state index contributed by atoms with van der Waals surface area (Å²) in [5.41, 5.74) is -0.717. The van der Waals surface area contributed by atoms with Crippen LogP contribution in [0, 0.1) is 5.41 Å². The third kappa shape index (κ3) is 3.10. The Morgan fingerprint density at radius 3 is 2.76 bits per heavy atom. The number of carboxylic acid groups (broad SMARTS) is 1. The minimum Gasteiger partial charge on any atom is -0.481 e. The smallest absolute Gasteiger partial charge is 0.310 e. The molecule has 0 aromatic carbocycles. The van der Waals surface area contributed by atoms with Crippen LogP contribution in [0.5, 0.6) is 0 Å². The number of rotatable bonds is 4. The first-order chi connectivity index (χ1) is 10.2. The van der Waals surface area contributed by atoms with Crippen LogP contribution >= 0.6 is 0 Å². The summed E-state index contributed by atoms with van der Waals surface area (Å²) < 4.78 is 10.8. The van der Waals surface area contributed by atoms with Crippen LogP contribution in [0.3, 0.4) is 0 Å². The Labute approximate surface area is 123 Å². The van der Waals surface area contributed by atoms with Crippen molar-refractivity contribution in [3.8, 4) is 0 Å². The zero-order valence-electron chi connectivity index (χ0n) is 12.2. The average molecular weight is 294 g/mol. The topological polar surface area (TPSA) is 85.5 Å². The molecule has 2 heterocycles. The highest BCUT2D eigenvalue weighted by Gasteiger charge is 2.41. The summed E-state index contributed by atoms with van der Waals surface area (Å²) in [5, 5.41) is 13.6. The second-order valence-electron chi connectivity index (χ2n) is 6.28. The first kappa shape index (κ1) is 14.5. The van der Waals surface area contributed by atoms with E-state index >= 15 is 0 Å². The molecule has 6 heteroatoms. The number of hydrogen-bond donors (Lipinski definition) is 1. The minimum absolute atomic E-state index is 0.184. The lowest BCUT2D eigenvalue weighted by Crippen LogP contribution is -2.35. The lowest BCUT2D eigenvalue weighted by molar-refractivity contribution is -0.151. The Morgan fingerprint density at radius 2 is 2.10 bits per heavy atom. The van der Waals surface area contributed by atoms with Crippen LogP contribution in [0.1, 0.15) is 62.6 Å². The second-order valence-corrected chi connectivity index (χ2v) is 6.28. The van der Waals surface area contributed by atoms with Gasteiger partial charge in [-0.2, -0.15) is 4.98 Å². The second kappa shape index (κ2) is 6.13. The maximum Gasteiger partial charge on any atom is 0.310 e. The molecule has 1 unspecified atom stereocenters. The van der Waals surface area contributed by atoms with E-state index in [4.69, 9.17) is 9.26 Å². The Balaban J connectivity index is 1.71. The molecule has 0 radical (unpaired) electrons. The summed E-state index contributed by atoms with van der Waals surface area (Å²) in [5.74, 6) is 0.576. The van der Waals surface area contributed by atoms with Gasteiger partial charge in [0.2, 0.25) is 5.89 Å². The molecule has 2 aliphatic rings. The molecule has 6 nitrogen and oxygen atoms in total. The van der Waals surface area contributed by atoms with Crippen LogP contribution in [0.2, 0.25) is 0 Å². The molecule has 0 amide bonds. The van der Waals surface area contributed by atoms with Crippen molar-refractivity contribution in [1.82, 2.24) is 10.1 Å². The van der Waals surface area contributed by atoms with Gasteiger partial charge < -0.3 is 14.4 Å². The molecule has 3 rings (SSSR count). The quantitative estimate of drug-likeness (QED) is 0.918. The van der Waals surface area contributed by atoms with E-state index in [0.717, 1.165) is 38.7 Å². The molecule has 1 saturated heterocycles. The molecule has 1 saturated carbocycles. The standard InChI is InChI=1S/C15H22N2O4/c18-14(19)15(6-2-1-3-7-15)9-12-16-13(17-21-12)11-5-4-8-20-10-11/h11H,1-10H2,(H,18,19). The molecule has 1 atom stereocenters. The number of carbonyl (C=O) groups is 1. The van der Waals surface area contributed by atoms with Crippen molar-refractivity contribution in [1.29, 1.82) is 0 Å². The van der Waals surface area contributed by atoms with Crippen molar-refractivity contribution in [3.05, 3.63) is 11.7 Å². The fourth-order valence-corrected chi connectivity index (χ4v) is 3.43. The summed E-state index contributed by atoms with van der Waals surface area (Å²) in [6.07, 6.45) is 6.80. The van der Waals surface area contributed by atoms with E-state index in [-0.39, 0.29) is 5.92 Å². The fourth-order valence-electron chi connectivity index (χ4n) is 3.43. The monoisotopic (exact) mass is 294 g/mol. The van der Waals surface area contributed by atoms with Gasteiger partial charge in [0.25, 0.3) is 0 Å². The van der Waals surface area contributed by atoms with Crippen LogP contribution in [-0.4, -0.2) is 34.4 Å². The zero-order chi connectivity index (χ0) is 14.7. The van der Waals surface area contributed by atoms with E-state index in [0.29, 0.717) is 37.6 Å². The molecular weight excluding hydrogens is 272 g/mol. The first-order valence-corrected chi connectivity index (χ1v) is 7.83. The molecule has 1 aromatic rings. The number of nitrogens with zero attached hydrogens (tertiary/aromatic N) is 2. The van der Waals surface area contributed by atoms with Gasteiger partial charge in [-0.15, -0.1) is 0 Å². The van der Waals surface area contributed by atoms with Gasteiger partial charge in [0.05, 0.1) is 12.0 Å². The maximum atomic E-state index is 11.7. The van der Waals surface area contributed by atoms with Gasteiger partial charge in [-0.1, -0.05) is 24.4 Å². The Kier molecular flexibility index (Phi) is 4.24. The minimum atomic E-state index is -0.733. The van der Waals surface area contributed by atoms with Crippen LogP contribution in [-0.2, 0) is 16.0 Å². The molecule has 116 valence electrons. The van der Waals surface area contributed by atoms with Gasteiger partial charge in [0.15, 0.2) is 5.82 Å². The van der Waals surface area contributed by atoms with Crippen molar-refractivity contribution < 1.29 is 19.2 Å². The molecule has 21 heavy (non-hydrogen) atoms. The van der Waals surface area contributed by atoms with Crippen molar-refractivity contribution in [2.45, 2.75) is 57.3 Å². The molecule has 1 aliphatic carbocycles. The highest BCUT2D eigenvalue weighted by molar-refractivity contribution is 5.75. The van der Waals surface area contributed by atoms with Crippen molar-refractivity contribution in [2.24, 2.45) is 5.41 Å². The lowest BCUT2D eigenvalue weighted by atomic mass is 9.72. The largest absolute Gasteiger partial charge is 0.481 e. The van der Waals surface area contributed by atoms with Crippen molar-refractivity contribution in [2.75, 3.05) is 13.2 Å². The molecule has 1 N–H and O–H groups in total. The van der Waals surface area contributed by atoms with E-state index < -0.39 is 11.4 Å². The predicted molar refractivity (Wildman–Crippen MR) is 73.9 cm³/mol. The number of aliphatic carboxylic acids is 1. The normalized spacial score (nSPS) is 25.6. The molecule has 1 aliphatic heterocycles. The highest BCUT2D eigenvalue weighted by atomic mass is 16.5. The van der Waals surface area contributed by atoms with Crippen LogP contribution in [0.15, 0.2) is 4.52 Å². The van der Waals surface area contributed by atoms with E-state index in [2.05, 4.69) is 10.1 Å². The van der Waals surface area contributed by atoms with Crippen LogP contribution in [0.25, 0.3) is 0 Å². The average Bonchev–Trinajstić information content (AvgIpc) is 2.97. The fraction of sp³-hybridized carbons (Fsp3) is 0.800. The van der Waals surface area contributed by atoms with Crippen molar-refractivity contribution in [3.63, 3.8) is 0 Å². The molecular formula is C15H22N2O4. The molecule has 0 spiro atoms. The van der Waals surface area contributed by atoms with E-state index in [1.165, 1.54) is 0 Å². The van der Waals surface area contributed by atoms with Crippen LogP contribution < -0.4 is 0 Å².